The van der Waals surface area contributed by atoms with Crippen molar-refractivity contribution in [2.45, 2.75) is 6.61 Å². The van der Waals surface area contributed by atoms with E-state index in [1.165, 1.54) is 6.08 Å². The van der Waals surface area contributed by atoms with E-state index >= 15 is 0 Å². The van der Waals surface area contributed by atoms with E-state index in [-0.39, 0.29) is 12.6 Å². The zero-order chi connectivity index (χ0) is 13.5. The number of rotatable bonds is 4. The van der Waals surface area contributed by atoms with Crippen LogP contribution in [0, 0.1) is 0 Å². The summed E-state index contributed by atoms with van der Waals surface area (Å²) in [4.78, 5) is 11.5. The highest BCUT2D eigenvalue weighted by Gasteiger charge is 1.99. The van der Waals surface area contributed by atoms with Crippen molar-refractivity contribution in [3.63, 3.8) is 0 Å². The molecule has 96 valence electrons. The topological polar surface area (TPSA) is 26.3 Å². The van der Waals surface area contributed by atoms with Gasteiger partial charge in [-0.3, -0.25) is 0 Å². The van der Waals surface area contributed by atoms with E-state index in [0.717, 1.165) is 11.1 Å². The summed E-state index contributed by atoms with van der Waals surface area (Å²) in [6.07, 6.45) is 3.03. The van der Waals surface area contributed by atoms with E-state index in [1.54, 1.807) is 12.1 Å². The van der Waals surface area contributed by atoms with E-state index in [2.05, 4.69) is 0 Å². The van der Waals surface area contributed by atoms with Gasteiger partial charge in [-0.05, 0) is 23.3 Å². The highest BCUT2D eigenvalue weighted by molar-refractivity contribution is 6.32. The zero-order valence-corrected chi connectivity index (χ0v) is 11.0. The molecule has 0 heterocycles. The molecular formula is C16H13ClO2. The van der Waals surface area contributed by atoms with Crippen LogP contribution >= 0.6 is 11.6 Å². The van der Waals surface area contributed by atoms with Crippen molar-refractivity contribution in [2.24, 2.45) is 0 Å². The maximum atomic E-state index is 11.5. The molecule has 0 radical (unpaired) electrons. The van der Waals surface area contributed by atoms with Crippen LogP contribution in [0.25, 0.3) is 6.08 Å². The first-order valence-electron chi connectivity index (χ1n) is 5.89. The molecule has 2 aromatic rings. The summed E-state index contributed by atoms with van der Waals surface area (Å²) >= 11 is 5.98. The molecule has 0 amide bonds. The molecule has 0 saturated heterocycles. The molecule has 0 fully saturated rings. The van der Waals surface area contributed by atoms with Gasteiger partial charge in [0.25, 0.3) is 0 Å². The molecule has 0 bridgehead atoms. The SMILES string of the molecule is O=C(C=Cc1ccccc1Cl)OCc1ccccc1. The fourth-order valence-corrected chi connectivity index (χ4v) is 1.74. The standard InChI is InChI=1S/C16H13ClO2/c17-15-9-5-4-8-14(15)10-11-16(18)19-12-13-6-2-1-3-7-13/h1-11H,12H2. The summed E-state index contributed by atoms with van der Waals surface area (Å²) in [6.45, 7) is 0.270. The number of halogens is 1. The Morgan fingerprint density at radius 3 is 2.47 bits per heavy atom. The van der Waals surface area contributed by atoms with Gasteiger partial charge in [0.2, 0.25) is 0 Å². The number of benzene rings is 2. The number of carbonyl (C=O) groups is 1. The summed E-state index contributed by atoms with van der Waals surface area (Å²) in [5.74, 6) is -0.385. The van der Waals surface area contributed by atoms with Crippen LogP contribution in [-0.4, -0.2) is 5.97 Å². The average molecular weight is 273 g/mol. The van der Waals surface area contributed by atoms with Crippen molar-refractivity contribution in [2.75, 3.05) is 0 Å². The van der Waals surface area contributed by atoms with Crippen molar-refractivity contribution in [1.29, 1.82) is 0 Å². The summed E-state index contributed by atoms with van der Waals surface area (Å²) in [7, 11) is 0. The van der Waals surface area contributed by atoms with Crippen molar-refractivity contribution < 1.29 is 9.53 Å². The Labute approximate surface area is 117 Å². The second-order valence-electron chi connectivity index (χ2n) is 3.95. The minimum Gasteiger partial charge on any atom is -0.458 e. The molecule has 0 saturated carbocycles. The Morgan fingerprint density at radius 1 is 1.05 bits per heavy atom. The first-order chi connectivity index (χ1) is 9.25. The molecule has 0 spiro atoms. The van der Waals surface area contributed by atoms with Gasteiger partial charge in [-0.15, -0.1) is 0 Å². The van der Waals surface area contributed by atoms with Crippen molar-refractivity contribution in [3.05, 3.63) is 76.8 Å². The third kappa shape index (κ3) is 4.27. The Kier molecular flexibility index (Phi) is 4.76. The normalized spacial score (nSPS) is 10.6. The number of esters is 1. The fraction of sp³-hybridized carbons (Fsp3) is 0.0625. The molecule has 2 aromatic carbocycles. The number of hydrogen-bond acceptors (Lipinski definition) is 2. The van der Waals surface area contributed by atoms with E-state index in [0.29, 0.717) is 5.02 Å². The molecule has 2 rings (SSSR count). The molecule has 0 atom stereocenters. The molecule has 2 nitrogen and oxygen atoms in total. The molecule has 0 N–H and O–H groups in total. The molecular weight excluding hydrogens is 260 g/mol. The lowest BCUT2D eigenvalue weighted by molar-refractivity contribution is -0.138. The second-order valence-corrected chi connectivity index (χ2v) is 4.36. The maximum absolute atomic E-state index is 11.5. The van der Waals surface area contributed by atoms with Gasteiger partial charge >= 0.3 is 5.97 Å². The maximum Gasteiger partial charge on any atom is 0.331 e. The van der Waals surface area contributed by atoms with Crippen LogP contribution in [0.1, 0.15) is 11.1 Å². The van der Waals surface area contributed by atoms with Gasteiger partial charge in [0.1, 0.15) is 6.61 Å². The van der Waals surface area contributed by atoms with E-state index in [9.17, 15) is 4.79 Å². The van der Waals surface area contributed by atoms with Crippen molar-refractivity contribution >= 4 is 23.6 Å². The van der Waals surface area contributed by atoms with Gasteiger partial charge in [0, 0.05) is 11.1 Å². The lowest BCUT2D eigenvalue weighted by Gasteiger charge is -2.01. The molecule has 19 heavy (non-hydrogen) atoms. The summed E-state index contributed by atoms with van der Waals surface area (Å²) < 4.78 is 5.12. The Morgan fingerprint density at radius 2 is 1.74 bits per heavy atom. The Balaban J connectivity index is 1.90. The number of ether oxygens (including phenoxy) is 1. The molecule has 0 aliphatic heterocycles. The molecule has 0 aromatic heterocycles. The van der Waals surface area contributed by atoms with E-state index in [1.807, 2.05) is 48.5 Å². The number of hydrogen-bond donors (Lipinski definition) is 0. The molecule has 0 aliphatic rings. The minimum atomic E-state index is -0.385. The quantitative estimate of drug-likeness (QED) is 0.619. The molecule has 0 unspecified atom stereocenters. The highest BCUT2D eigenvalue weighted by Crippen LogP contribution is 2.16. The predicted molar refractivity (Wildman–Crippen MR) is 76.7 cm³/mol. The van der Waals surface area contributed by atoms with Crippen LogP contribution in [0.2, 0.25) is 5.02 Å². The molecule has 3 heteroatoms. The first kappa shape index (κ1) is 13.4. The predicted octanol–water partition coefficient (Wildman–Crippen LogP) is 4.10. The van der Waals surface area contributed by atoms with Gasteiger partial charge in [0.15, 0.2) is 0 Å². The second kappa shape index (κ2) is 6.76. The van der Waals surface area contributed by atoms with Crippen LogP contribution in [0.15, 0.2) is 60.7 Å². The van der Waals surface area contributed by atoms with Crippen LogP contribution in [0.4, 0.5) is 0 Å². The van der Waals surface area contributed by atoms with Gasteiger partial charge in [-0.1, -0.05) is 60.1 Å². The van der Waals surface area contributed by atoms with Gasteiger partial charge in [0.05, 0.1) is 0 Å². The monoisotopic (exact) mass is 272 g/mol. The summed E-state index contributed by atoms with van der Waals surface area (Å²) in [6, 6.07) is 16.9. The van der Waals surface area contributed by atoms with Crippen molar-refractivity contribution in [3.8, 4) is 0 Å². The first-order valence-corrected chi connectivity index (χ1v) is 6.27. The molecule has 0 aliphatic carbocycles. The summed E-state index contributed by atoms with van der Waals surface area (Å²) in [5.41, 5.74) is 1.75. The van der Waals surface area contributed by atoms with Crippen LogP contribution in [-0.2, 0) is 16.1 Å². The van der Waals surface area contributed by atoms with Gasteiger partial charge in [-0.2, -0.15) is 0 Å². The third-order valence-corrected chi connectivity index (χ3v) is 2.87. The highest BCUT2D eigenvalue weighted by atomic mass is 35.5. The van der Waals surface area contributed by atoms with Crippen LogP contribution < -0.4 is 0 Å². The average Bonchev–Trinajstić information content (AvgIpc) is 2.45. The van der Waals surface area contributed by atoms with E-state index < -0.39 is 0 Å². The lowest BCUT2D eigenvalue weighted by Crippen LogP contribution is -2.00. The third-order valence-electron chi connectivity index (χ3n) is 2.53. The van der Waals surface area contributed by atoms with Gasteiger partial charge < -0.3 is 4.74 Å². The minimum absolute atomic E-state index is 0.270. The van der Waals surface area contributed by atoms with Gasteiger partial charge in [-0.25, -0.2) is 4.79 Å². The van der Waals surface area contributed by atoms with Crippen LogP contribution in [0.5, 0.6) is 0 Å². The van der Waals surface area contributed by atoms with Crippen molar-refractivity contribution in [1.82, 2.24) is 0 Å². The lowest BCUT2D eigenvalue weighted by atomic mass is 10.2. The zero-order valence-electron chi connectivity index (χ0n) is 10.3. The Hall–Kier alpha value is -2.06. The number of carbonyl (C=O) groups excluding carboxylic acids is 1. The largest absolute Gasteiger partial charge is 0.458 e. The Bertz CT molecular complexity index is 576. The smallest absolute Gasteiger partial charge is 0.331 e. The van der Waals surface area contributed by atoms with Crippen LogP contribution in [0.3, 0.4) is 0 Å². The summed E-state index contributed by atoms with van der Waals surface area (Å²) in [5, 5.41) is 0.606. The van der Waals surface area contributed by atoms with E-state index in [4.69, 9.17) is 16.3 Å². The fourth-order valence-electron chi connectivity index (χ4n) is 1.54.